The number of hydrogen-bond donors (Lipinski definition) is 1. The molecule has 1 heterocycles. The monoisotopic (exact) mass is 227 g/mol. The summed E-state index contributed by atoms with van der Waals surface area (Å²) in [5.74, 6) is 2.24. The van der Waals surface area contributed by atoms with Crippen molar-refractivity contribution in [1.29, 1.82) is 0 Å². The highest BCUT2D eigenvalue weighted by Crippen LogP contribution is 2.47. The topological polar surface area (TPSA) is 12.0 Å². The van der Waals surface area contributed by atoms with Gasteiger partial charge in [0.15, 0.2) is 0 Å². The first-order chi connectivity index (χ1) is 6.91. The smallest absolute Gasteiger partial charge is 0.0648 e. The Labute approximate surface area is 98.8 Å². The zero-order chi connectivity index (χ0) is 11.1. The molecule has 1 aliphatic carbocycles. The SMILES string of the molecule is CC1CSC2(CCC(C(C)(C)C)CC2)N1. The lowest BCUT2D eigenvalue weighted by Crippen LogP contribution is -2.44. The number of rotatable bonds is 0. The molecule has 1 nitrogen and oxygen atoms in total. The lowest BCUT2D eigenvalue weighted by Gasteiger charge is -2.42. The van der Waals surface area contributed by atoms with Crippen molar-refractivity contribution in [3.05, 3.63) is 0 Å². The highest BCUT2D eigenvalue weighted by molar-refractivity contribution is 8.00. The minimum Gasteiger partial charge on any atom is -0.299 e. The van der Waals surface area contributed by atoms with Crippen LogP contribution in [0.2, 0.25) is 0 Å². The molecule has 1 saturated heterocycles. The average molecular weight is 227 g/mol. The van der Waals surface area contributed by atoms with E-state index in [1.807, 2.05) is 0 Å². The molecule has 1 N–H and O–H groups in total. The van der Waals surface area contributed by atoms with E-state index in [1.54, 1.807) is 0 Å². The van der Waals surface area contributed by atoms with Crippen LogP contribution in [-0.4, -0.2) is 16.7 Å². The summed E-state index contributed by atoms with van der Waals surface area (Å²) in [5.41, 5.74) is 0.510. The van der Waals surface area contributed by atoms with Crippen molar-refractivity contribution in [2.75, 3.05) is 5.75 Å². The molecule has 0 bridgehead atoms. The number of nitrogens with one attached hydrogen (secondary N) is 1. The lowest BCUT2D eigenvalue weighted by atomic mass is 9.71. The fourth-order valence-corrected chi connectivity index (χ4v) is 4.52. The van der Waals surface area contributed by atoms with E-state index in [9.17, 15) is 0 Å². The summed E-state index contributed by atoms with van der Waals surface area (Å²) in [7, 11) is 0. The third kappa shape index (κ3) is 2.52. The summed E-state index contributed by atoms with van der Waals surface area (Å²) in [6.07, 6.45) is 5.58. The molecule has 2 aliphatic rings. The molecule has 0 aromatic rings. The van der Waals surface area contributed by atoms with Gasteiger partial charge in [0.2, 0.25) is 0 Å². The second kappa shape index (κ2) is 3.96. The minimum atomic E-state index is 0.459. The molecule has 0 aromatic heterocycles. The Kier molecular flexibility index (Phi) is 3.11. The predicted octanol–water partition coefficient (Wildman–Crippen LogP) is 3.64. The summed E-state index contributed by atoms with van der Waals surface area (Å²) in [6.45, 7) is 9.51. The zero-order valence-corrected chi connectivity index (χ0v) is 11.4. The predicted molar refractivity (Wildman–Crippen MR) is 69.2 cm³/mol. The molecular weight excluding hydrogens is 202 g/mol. The summed E-state index contributed by atoms with van der Waals surface area (Å²) in [6, 6.07) is 0.723. The van der Waals surface area contributed by atoms with Crippen LogP contribution >= 0.6 is 11.8 Å². The van der Waals surface area contributed by atoms with Gasteiger partial charge in [0, 0.05) is 11.8 Å². The van der Waals surface area contributed by atoms with Gasteiger partial charge in [0.25, 0.3) is 0 Å². The highest BCUT2D eigenvalue weighted by Gasteiger charge is 2.42. The van der Waals surface area contributed by atoms with Crippen LogP contribution < -0.4 is 5.32 Å². The Balaban J connectivity index is 1.92. The molecule has 0 radical (unpaired) electrons. The van der Waals surface area contributed by atoms with Crippen molar-refractivity contribution in [3.63, 3.8) is 0 Å². The maximum atomic E-state index is 3.80. The van der Waals surface area contributed by atoms with Crippen LogP contribution in [0.3, 0.4) is 0 Å². The Hall–Kier alpha value is 0.310. The average Bonchev–Trinajstić information content (AvgIpc) is 2.47. The Morgan fingerprint density at radius 2 is 1.80 bits per heavy atom. The van der Waals surface area contributed by atoms with Crippen molar-refractivity contribution in [1.82, 2.24) is 5.32 Å². The molecule has 1 saturated carbocycles. The summed E-state index contributed by atoms with van der Waals surface area (Å²) in [5, 5.41) is 3.80. The van der Waals surface area contributed by atoms with Crippen molar-refractivity contribution < 1.29 is 0 Å². The van der Waals surface area contributed by atoms with E-state index in [0.717, 1.165) is 12.0 Å². The van der Waals surface area contributed by atoms with E-state index < -0.39 is 0 Å². The van der Waals surface area contributed by atoms with Crippen molar-refractivity contribution in [2.45, 2.75) is 64.3 Å². The Bertz CT molecular complexity index is 223. The Morgan fingerprint density at radius 1 is 1.20 bits per heavy atom. The highest BCUT2D eigenvalue weighted by atomic mass is 32.2. The Morgan fingerprint density at radius 3 is 2.20 bits per heavy atom. The van der Waals surface area contributed by atoms with E-state index >= 15 is 0 Å². The van der Waals surface area contributed by atoms with Crippen LogP contribution in [0, 0.1) is 11.3 Å². The molecule has 1 aliphatic heterocycles. The molecule has 88 valence electrons. The second-order valence-corrected chi connectivity index (χ2v) is 7.89. The first-order valence-electron chi connectivity index (χ1n) is 6.33. The molecule has 2 fully saturated rings. The quantitative estimate of drug-likeness (QED) is 0.678. The molecule has 15 heavy (non-hydrogen) atoms. The maximum Gasteiger partial charge on any atom is 0.0648 e. The molecular formula is C13H25NS. The van der Waals surface area contributed by atoms with Crippen molar-refractivity contribution >= 4 is 11.8 Å². The fourth-order valence-electron chi connectivity index (χ4n) is 3.06. The standard InChI is InChI=1S/C13H25NS/c1-10-9-15-13(14-10)7-5-11(6-8-13)12(2,3)4/h10-11,14H,5-9H2,1-4H3. The van der Waals surface area contributed by atoms with E-state index in [2.05, 4.69) is 44.8 Å². The van der Waals surface area contributed by atoms with Gasteiger partial charge in [-0.1, -0.05) is 20.8 Å². The molecule has 1 spiro atoms. The van der Waals surface area contributed by atoms with E-state index in [4.69, 9.17) is 0 Å². The largest absolute Gasteiger partial charge is 0.299 e. The van der Waals surface area contributed by atoms with Crippen LogP contribution in [-0.2, 0) is 0 Å². The maximum absolute atomic E-state index is 3.80. The van der Waals surface area contributed by atoms with Gasteiger partial charge < -0.3 is 0 Å². The fraction of sp³-hybridized carbons (Fsp3) is 1.00. The van der Waals surface area contributed by atoms with Gasteiger partial charge in [-0.3, -0.25) is 5.32 Å². The van der Waals surface area contributed by atoms with Gasteiger partial charge in [0.05, 0.1) is 4.87 Å². The van der Waals surface area contributed by atoms with Gasteiger partial charge in [-0.25, -0.2) is 0 Å². The van der Waals surface area contributed by atoms with Crippen LogP contribution in [0.4, 0.5) is 0 Å². The summed E-state index contributed by atoms with van der Waals surface area (Å²) < 4.78 is 0. The molecule has 1 unspecified atom stereocenters. The number of thioether (sulfide) groups is 1. The van der Waals surface area contributed by atoms with Gasteiger partial charge in [0.1, 0.15) is 0 Å². The second-order valence-electron chi connectivity index (χ2n) is 6.49. The lowest BCUT2D eigenvalue weighted by molar-refractivity contribution is 0.151. The molecule has 1 atom stereocenters. The molecule has 0 aromatic carbocycles. The van der Waals surface area contributed by atoms with Gasteiger partial charge in [-0.05, 0) is 43.9 Å². The van der Waals surface area contributed by atoms with Crippen LogP contribution in [0.25, 0.3) is 0 Å². The molecule has 2 rings (SSSR count). The summed E-state index contributed by atoms with van der Waals surface area (Å²) >= 11 is 2.18. The third-order valence-corrected chi connectivity index (χ3v) is 5.88. The number of hydrogen-bond acceptors (Lipinski definition) is 2. The van der Waals surface area contributed by atoms with Crippen molar-refractivity contribution in [2.24, 2.45) is 11.3 Å². The van der Waals surface area contributed by atoms with Crippen LogP contribution in [0.1, 0.15) is 53.4 Å². The normalized spacial score (nSPS) is 42.4. The van der Waals surface area contributed by atoms with Crippen LogP contribution in [0.5, 0.6) is 0 Å². The van der Waals surface area contributed by atoms with E-state index in [0.29, 0.717) is 10.3 Å². The van der Waals surface area contributed by atoms with Gasteiger partial charge in [-0.2, -0.15) is 0 Å². The molecule has 0 amide bonds. The summed E-state index contributed by atoms with van der Waals surface area (Å²) in [4.78, 5) is 0.459. The van der Waals surface area contributed by atoms with Gasteiger partial charge in [-0.15, -0.1) is 11.8 Å². The van der Waals surface area contributed by atoms with Crippen molar-refractivity contribution in [3.8, 4) is 0 Å². The molecule has 2 heteroatoms. The first kappa shape index (κ1) is 11.8. The third-order valence-electron chi connectivity index (χ3n) is 4.14. The van der Waals surface area contributed by atoms with E-state index in [1.165, 1.54) is 31.4 Å². The zero-order valence-electron chi connectivity index (χ0n) is 10.6. The van der Waals surface area contributed by atoms with E-state index in [-0.39, 0.29) is 0 Å². The minimum absolute atomic E-state index is 0.459. The first-order valence-corrected chi connectivity index (χ1v) is 7.31. The van der Waals surface area contributed by atoms with Crippen LogP contribution in [0.15, 0.2) is 0 Å². The van der Waals surface area contributed by atoms with Gasteiger partial charge >= 0.3 is 0 Å².